The Labute approximate surface area is 164 Å². The summed E-state index contributed by atoms with van der Waals surface area (Å²) in [5.74, 6) is 1.61. The Hall–Kier alpha value is -1.67. The van der Waals surface area contributed by atoms with Gasteiger partial charge in [0.05, 0.1) is 20.8 Å². The van der Waals surface area contributed by atoms with Crippen LogP contribution in [0.4, 0.5) is 5.69 Å². The van der Waals surface area contributed by atoms with Crippen LogP contribution in [0.5, 0.6) is 11.5 Å². The highest BCUT2D eigenvalue weighted by atomic mass is 127. The summed E-state index contributed by atoms with van der Waals surface area (Å²) in [5, 5.41) is 3.77. The third-order valence-corrected chi connectivity index (χ3v) is 3.73. The summed E-state index contributed by atoms with van der Waals surface area (Å²) in [6.45, 7) is 2.44. The van der Waals surface area contributed by atoms with E-state index in [1.54, 1.807) is 26.4 Å². The number of halogens is 2. The summed E-state index contributed by atoms with van der Waals surface area (Å²) in [5.41, 5.74) is 8.76. The van der Waals surface area contributed by atoms with Crippen LogP contribution in [0.2, 0.25) is 5.02 Å². The standard InChI is InChI=1S/C17H20ClN3O2.HI/c1-11-8-12(4-6-14(11)18)10-20-17(19)21-13-5-7-15(22-2)16(9-13)23-3;/h4-9H,10H2,1-3H3,(H3,19,20,21);1H. The van der Waals surface area contributed by atoms with Crippen molar-refractivity contribution in [2.24, 2.45) is 10.7 Å². The molecule has 130 valence electrons. The Balaban J connectivity index is 0.00000288. The number of guanidine groups is 1. The second kappa shape index (κ2) is 9.58. The lowest BCUT2D eigenvalue weighted by atomic mass is 10.1. The summed E-state index contributed by atoms with van der Waals surface area (Å²) < 4.78 is 10.5. The number of nitrogens with zero attached hydrogens (tertiary/aromatic N) is 1. The number of aliphatic imine (C=N–C) groups is 1. The normalized spacial score (nSPS) is 10.8. The molecule has 0 heterocycles. The molecular formula is C17H21ClIN3O2. The smallest absolute Gasteiger partial charge is 0.193 e. The Morgan fingerprint density at radius 3 is 2.46 bits per heavy atom. The molecule has 0 aliphatic heterocycles. The predicted octanol–water partition coefficient (Wildman–Crippen LogP) is 4.21. The van der Waals surface area contributed by atoms with Crippen molar-refractivity contribution < 1.29 is 9.47 Å². The SMILES string of the molecule is COc1ccc(NC(N)=NCc2ccc(Cl)c(C)c2)cc1OC.I. The Bertz CT molecular complexity index is 723. The molecule has 3 N–H and O–H groups in total. The molecule has 5 nitrogen and oxygen atoms in total. The molecule has 0 amide bonds. The van der Waals surface area contributed by atoms with E-state index < -0.39 is 0 Å². The van der Waals surface area contributed by atoms with Crippen molar-refractivity contribution in [1.29, 1.82) is 0 Å². The van der Waals surface area contributed by atoms with Crippen molar-refractivity contribution in [3.05, 3.63) is 52.5 Å². The zero-order valence-electron chi connectivity index (χ0n) is 13.8. The predicted molar refractivity (Wildman–Crippen MR) is 110 cm³/mol. The number of methoxy groups -OCH3 is 2. The zero-order valence-corrected chi connectivity index (χ0v) is 16.9. The molecule has 0 saturated carbocycles. The second-order valence-corrected chi connectivity index (χ2v) is 5.39. The number of hydrogen-bond acceptors (Lipinski definition) is 3. The van der Waals surface area contributed by atoms with Crippen molar-refractivity contribution in [2.45, 2.75) is 13.5 Å². The number of ether oxygens (including phenoxy) is 2. The van der Waals surface area contributed by atoms with Gasteiger partial charge in [-0.25, -0.2) is 4.99 Å². The number of aryl methyl sites for hydroxylation is 1. The molecule has 0 spiro atoms. The van der Waals surface area contributed by atoms with Gasteiger partial charge in [-0.05, 0) is 36.2 Å². The molecule has 0 bridgehead atoms. The van der Waals surface area contributed by atoms with Gasteiger partial charge in [0.15, 0.2) is 17.5 Å². The van der Waals surface area contributed by atoms with E-state index in [9.17, 15) is 0 Å². The third-order valence-electron chi connectivity index (χ3n) is 3.31. The van der Waals surface area contributed by atoms with Gasteiger partial charge in [-0.2, -0.15) is 0 Å². The Morgan fingerprint density at radius 2 is 1.83 bits per heavy atom. The molecule has 0 unspecified atom stereocenters. The molecule has 2 rings (SSSR count). The van der Waals surface area contributed by atoms with Crippen LogP contribution in [0.1, 0.15) is 11.1 Å². The van der Waals surface area contributed by atoms with Crippen LogP contribution in [0.15, 0.2) is 41.4 Å². The fourth-order valence-electron chi connectivity index (χ4n) is 2.08. The maximum Gasteiger partial charge on any atom is 0.193 e. The quantitative estimate of drug-likeness (QED) is 0.398. The van der Waals surface area contributed by atoms with E-state index in [1.807, 2.05) is 31.2 Å². The first-order chi connectivity index (χ1) is 11.0. The fourth-order valence-corrected chi connectivity index (χ4v) is 2.20. The molecule has 7 heteroatoms. The van der Waals surface area contributed by atoms with Crippen molar-refractivity contribution in [3.8, 4) is 11.5 Å². The first kappa shape index (κ1) is 20.4. The van der Waals surface area contributed by atoms with Crippen molar-refractivity contribution in [2.75, 3.05) is 19.5 Å². The van der Waals surface area contributed by atoms with E-state index in [0.29, 0.717) is 24.0 Å². The van der Waals surface area contributed by atoms with Crippen LogP contribution in [0.25, 0.3) is 0 Å². The van der Waals surface area contributed by atoms with Gasteiger partial charge < -0.3 is 20.5 Å². The van der Waals surface area contributed by atoms with Gasteiger partial charge in [-0.15, -0.1) is 24.0 Å². The molecule has 2 aromatic rings. The van der Waals surface area contributed by atoms with Crippen LogP contribution in [-0.4, -0.2) is 20.2 Å². The molecule has 0 saturated heterocycles. The average molecular weight is 462 g/mol. The average Bonchev–Trinajstić information content (AvgIpc) is 2.55. The van der Waals surface area contributed by atoms with E-state index in [1.165, 1.54) is 0 Å². The van der Waals surface area contributed by atoms with Gasteiger partial charge in [0.2, 0.25) is 0 Å². The third kappa shape index (κ3) is 5.45. The number of nitrogens with one attached hydrogen (secondary N) is 1. The van der Waals surface area contributed by atoms with Crippen LogP contribution in [0.3, 0.4) is 0 Å². The topological polar surface area (TPSA) is 68.9 Å². The van der Waals surface area contributed by atoms with Crippen molar-refractivity contribution in [1.82, 2.24) is 0 Å². The van der Waals surface area contributed by atoms with Crippen LogP contribution in [-0.2, 0) is 6.54 Å². The molecule has 0 fully saturated rings. The number of hydrogen-bond donors (Lipinski definition) is 2. The molecule has 0 atom stereocenters. The molecule has 0 aromatic heterocycles. The number of rotatable bonds is 5. The summed E-state index contributed by atoms with van der Waals surface area (Å²) in [4.78, 5) is 4.33. The Kier molecular flexibility index (Phi) is 8.14. The maximum atomic E-state index is 6.01. The highest BCUT2D eigenvalue weighted by Crippen LogP contribution is 2.29. The van der Waals surface area contributed by atoms with Gasteiger partial charge in [0.1, 0.15) is 0 Å². The molecule has 0 aliphatic rings. The van der Waals surface area contributed by atoms with Gasteiger partial charge in [-0.1, -0.05) is 23.7 Å². The minimum Gasteiger partial charge on any atom is -0.493 e. The fraction of sp³-hybridized carbons (Fsp3) is 0.235. The number of nitrogens with two attached hydrogens (primary N) is 1. The molecule has 2 aromatic carbocycles. The first-order valence-corrected chi connectivity index (χ1v) is 7.45. The van der Waals surface area contributed by atoms with Gasteiger partial charge in [0.25, 0.3) is 0 Å². The summed E-state index contributed by atoms with van der Waals surface area (Å²) >= 11 is 6.01. The largest absolute Gasteiger partial charge is 0.493 e. The van der Waals surface area contributed by atoms with Crippen LogP contribution >= 0.6 is 35.6 Å². The van der Waals surface area contributed by atoms with Crippen molar-refractivity contribution >= 4 is 47.2 Å². The first-order valence-electron chi connectivity index (χ1n) is 7.07. The molecular weight excluding hydrogens is 441 g/mol. The lowest BCUT2D eigenvalue weighted by Crippen LogP contribution is -2.22. The summed E-state index contributed by atoms with van der Waals surface area (Å²) in [6, 6.07) is 11.2. The Morgan fingerprint density at radius 1 is 1.12 bits per heavy atom. The minimum atomic E-state index is 0. The summed E-state index contributed by atoms with van der Waals surface area (Å²) in [7, 11) is 3.18. The second-order valence-electron chi connectivity index (χ2n) is 4.98. The van der Waals surface area contributed by atoms with Gasteiger partial charge in [-0.3, -0.25) is 0 Å². The van der Waals surface area contributed by atoms with Crippen molar-refractivity contribution in [3.63, 3.8) is 0 Å². The van der Waals surface area contributed by atoms with Gasteiger partial charge in [0, 0.05) is 16.8 Å². The number of anilines is 1. The molecule has 0 radical (unpaired) electrons. The monoisotopic (exact) mass is 461 g/mol. The van der Waals surface area contributed by atoms with E-state index in [2.05, 4.69) is 10.3 Å². The number of benzene rings is 2. The van der Waals surface area contributed by atoms with E-state index >= 15 is 0 Å². The molecule has 0 aliphatic carbocycles. The van der Waals surface area contributed by atoms with Crippen LogP contribution < -0.4 is 20.5 Å². The lowest BCUT2D eigenvalue weighted by molar-refractivity contribution is 0.355. The zero-order chi connectivity index (χ0) is 16.8. The van der Waals surface area contributed by atoms with E-state index in [0.717, 1.165) is 21.8 Å². The van der Waals surface area contributed by atoms with Gasteiger partial charge >= 0.3 is 0 Å². The van der Waals surface area contributed by atoms with E-state index in [-0.39, 0.29) is 24.0 Å². The van der Waals surface area contributed by atoms with E-state index in [4.69, 9.17) is 26.8 Å². The minimum absolute atomic E-state index is 0. The van der Waals surface area contributed by atoms with Crippen LogP contribution in [0, 0.1) is 6.92 Å². The molecule has 24 heavy (non-hydrogen) atoms. The highest BCUT2D eigenvalue weighted by Gasteiger charge is 2.05. The maximum absolute atomic E-state index is 6.01. The summed E-state index contributed by atoms with van der Waals surface area (Å²) in [6.07, 6.45) is 0. The lowest BCUT2D eigenvalue weighted by Gasteiger charge is -2.11. The highest BCUT2D eigenvalue weighted by molar-refractivity contribution is 14.0.